The topological polar surface area (TPSA) is 47.3 Å². The third kappa shape index (κ3) is 3.85. The van der Waals surface area contributed by atoms with Gasteiger partial charge in [-0.2, -0.15) is 5.10 Å². The molecule has 0 saturated carbocycles. The third-order valence-electron chi connectivity index (χ3n) is 3.70. The van der Waals surface area contributed by atoms with E-state index in [1.54, 1.807) is 6.92 Å². The highest BCUT2D eigenvalue weighted by molar-refractivity contribution is 5.38. The molecule has 4 nitrogen and oxygen atoms in total. The lowest BCUT2D eigenvalue weighted by atomic mass is 10.1. The zero-order valence-corrected chi connectivity index (χ0v) is 13.2. The molecule has 114 valence electrons. The Balaban J connectivity index is 2.09. The predicted octanol–water partition coefficient (Wildman–Crippen LogP) is 3.79. The van der Waals surface area contributed by atoms with Gasteiger partial charge < -0.3 is 9.84 Å². The average Bonchev–Trinajstić information content (AvgIpc) is 2.93. The number of aryl methyl sites for hydroxylation is 1. The van der Waals surface area contributed by atoms with Gasteiger partial charge in [0, 0.05) is 17.8 Å². The minimum Gasteiger partial charge on any atom is -0.487 e. The fourth-order valence-corrected chi connectivity index (χ4v) is 2.15. The SMILES string of the molecule is CCC(C)n1ccc(COc2cc(C)ccc2[C@H](C)O)n1. The molecule has 0 aliphatic heterocycles. The maximum Gasteiger partial charge on any atom is 0.132 e. The van der Waals surface area contributed by atoms with Crippen molar-refractivity contribution >= 4 is 0 Å². The van der Waals surface area contributed by atoms with Crippen LogP contribution in [0.3, 0.4) is 0 Å². The maximum absolute atomic E-state index is 9.80. The Bertz CT molecular complexity index is 590. The van der Waals surface area contributed by atoms with Crippen LogP contribution in [0.25, 0.3) is 0 Å². The Morgan fingerprint density at radius 3 is 2.71 bits per heavy atom. The van der Waals surface area contributed by atoms with Gasteiger partial charge in [-0.1, -0.05) is 19.1 Å². The van der Waals surface area contributed by atoms with Gasteiger partial charge in [-0.25, -0.2) is 0 Å². The van der Waals surface area contributed by atoms with Crippen molar-refractivity contribution in [3.05, 3.63) is 47.3 Å². The lowest BCUT2D eigenvalue weighted by Crippen LogP contribution is -2.06. The normalized spacial score (nSPS) is 14.0. The molecule has 1 aromatic carbocycles. The zero-order valence-electron chi connectivity index (χ0n) is 13.2. The van der Waals surface area contributed by atoms with Crippen molar-refractivity contribution in [2.45, 2.75) is 52.9 Å². The summed E-state index contributed by atoms with van der Waals surface area (Å²) in [5.74, 6) is 0.725. The van der Waals surface area contributed by atoms with E-state index >= 15 is 0 Å². The number of hydrogen-bond acceptors (Lipinski definition) is 3. The Morgan fingerprint density at radius 2 is 2.05 bits per heavy atom. The highest BCUT2D eigenvalue weighted by atomic mass is 16.5. The molecule has 1 heterocycles. The molecule has 1 unspecified atom stereocenters. The standard InChI is InChI=1S/C17H24N2O2/c1-5-13(3)19-9-8-15(18-19)11-21-17-10-12(2)6-7-16(17)14(4)20/h6-10,13-14,20H,5,11H2,1-4H3/t13?,14-/m0/s1. The van der Waals surface area contributed by atoms with E-state index < -0.39 is 6.10 Å². The van der Waals surface area contributed by atoms with Crippen molar-refractivity contribution in [3.63, 3.8) is 0 Å². The van der Waals surface area contributed by atoms with E-state index in [0.29, 0.717) is 12.6 Å². The Hall–Kier alpha value is -1.81. The van der Waals surface area contributed by atoms with Crippen molar-refractivity contribution in [1.29, 1.82) is 0 Å². The summed E-state index contributed by atoms with van der Waals surface area (Å²) in [6.07, 6.45) is 2.49. The van der Waals surface area contributed by atoms with E-state index in [0.717, 1.165) is 29.0 Å². The number of aromatic nitrogens is 2. The number of aliphatic hydroxyl groups is 1. The van der Waals surface area contributed by atoms with Crippen LogP contribution >= 0.6 is 0 Å². The van der Waals surface area contributed by atoms with E-state index in [2.05, 4.69) is 18.9 Å². The van der Waals surface area contributed by atoms with Crippen molar-refractivity contribution in [1.82, 2.24) is 9.78 Å². The first-order valence-electron chi connectivity index (χ1n) is 7.46. The molecule has 4 heteroatoms. The summed E-state index contributed by atoms with van der Waals surface area (Å²) in [5, 5.41) is 14.3. The van der Waals surface area contributed by atoms with Crippen LogP contribution in [0.15, 0.2) is 30.5 Å². The molecule has 0 aliphatic carbocycles. The van der Waals surface area contributed by atoms with E-state index in [1.165, 1.54) is 0 Å². The molecular formula is C17H24N2O2. The lowest BCUT2D eigenvalue weighted by Gasteiger charge is -2.13. The van der Waals surface area contributed by atoms with Crippen molar-refractivity contribution in [2.75, 3.05) is 0 Å². The highest BCUT2D eigenvalue weighted by Gasteiger charge is 2.11. The monoisotopic (exact) mass is 288 g/mol. The largest absolute Gasteiger partial charge is 0.487 e. The number of benzene rings is 1. The van der Waals surface area contributed by atoms with Gasteiger partial charge in [0.1, 0.15) is 12.4 Å². The van der Waals surface area contributed by atoms with Crippen LogP contribution < -0.4 is 4.74 Å². The van der Waals surface area contributed by atoms with E-state index in [9.17, 15) is 5.11 Å². The molecule has 0 fully saturated rings. The Morgan fingerprint density at radius 1 is 1.29 bits per heavy atom. The zero-order chi connectivity index (χ0) is 15.4. The number of rotatable bonds is 6. The molecule has 0 spiro atoms. The third-order valence-corrected chi connectivity index (χ3v) is 3.70. The van der Waals surface area contributed by atoms with Gasteiger partial charge in [0.25, 0.3) is 0 Å². The molecule has 1 N–H and O–H groups in total. The van der Waals surface area contributed by atoms with Crippen molar-refractivity contribution in [2.24, 2.45) is 0 Å². The van der Waals surface area contributed by atoms with Crippen molar-refractivity contribution < 1.29 is 9.84 Å². The van der Waals surface area contributed by atoms with Gasteiger partial charge in [0.2, 0.25) is 0 Å². The van der Waals surface area contributed by atoms with Crippen LogP contribution in [-0.2, 0) is 6.61 Å². The molecule has 1 aromatic heterocycles. The van der Waals surface area contributed by atoms with Crippen LogP contribution in [0.4, 0.5) is 0 Å². The van der Waals surface area contributed by atoms with Crippen LogP contribution in [0.5, 0.6) is 5.75 Å². The fourth-order valence-electron chi connectivity index (χ4n) is 2.15. The summed E-state index contributed by atoms with van der Waals surface area (Å²) >= 11 is 0. The first kappa shape index (κ1) is 15.6. The summed E-state index contributed by atoms with van der Waals surface area (Å²) in [7, 11) is 0. The van der Waals surface area contributed by atoms with E-state index in [-0.39, 0.29) is 0 Å². The number of nitrogens with zero attached hydrogens (tertiary/aromatic N) is 2. The van der Waals surface area contributed by atoms with Gasteiger partial charge >= 0.3 is 0 Å². The molecule has 0 radical (unpaired) electrons. The smallest absolute Gasteiger partial charge is 0.132 e. The summed E-state index contributed by atoms with van der Waals surface area (Å²) in [6, 6.07) is 8.21. The summed E-state index contributed by atoms with van der Waals surface area (Å²) in [4.78, 5) is 0. The quantitative estimate of drug-likeness (QED) is 0.879. The van der Waals surface area contributed by atoms with Gasteiger partial charge in [0.15, 0.2) is 0 Å². The Labute approximate surface area is 126 Å². The Kier molecular flexibility index (Phi) is 5.02. The van der Waals surface area contributed by atoms with Crippen LogP contribution in [0.1, 0.15) is 56.2 Å². The van der Waals surface area contributed by atoms with Gasteiger partial charge in [-0.15, -0.1) is 0 Å². The average molecular weight is 288 g/mol. The van der Waals surface area contributed by atoms with Gasteiger partial charge in [-0.3, -0.25) is 4.68 Å². The van der Waals surface area contributed by atoms with E-state index in [1.807, 2.05) is 42.1 Å². The lowest BCUT2D eigenvalue weighted by molar-refractivity contribution is 0.189. The number of hydrogen-bond donors (Lipinski definition) is 1. The summed E-state index contributed by atoms with van der Waals surface area (Å²) < 4.78 is 7.82. The number of ether oxygens (including phenoxy) is 1. The molecule has 2 aromatic rings. The maximum atomic E-state index is 9.80. The van der Waals surface area contributed by atoms with Crippen molar-refractivity contribution in [3.8, 4) is 5.75 Å². The highest BCUT2D eigenvalue weighted by Crippen LogP contribution is 2.27. The fraction of sp³-hybridized carbons (Fsp3) is 0.471. The molecule has 0 bridgehead atoms. The van der Waals surface area contributed by atoms with E-state index in [4.69, 9.17) is 4.74 Å². The first-order valence-corrected chi connectivity index (χ1v) is 7.46. The van der Waals surface area contributed by atoms with Gasteiger partial charge in [-0.05, 0) is 44.9 Å². The molecule has 0 saturated heterocycles. The second kappa shape index (κ2) is 6.76. The minimum absolute atomic E-state index is 0.394. The molecule has 0 aliphatic rings. The molecule has 2 rings (SSSR count). The first-order chi connectivity index (χ1) is 10.0. The van der Waals surface area contributed by atoms with Crippen LogP contribution in [0.2, 0.25) is 0 Å². The van der Waals surface area contributed by atoms with Gasteiger partial charge in [0.05, 0.1) is 11.8 Å². The molecule has 0 amide bonds. The molecule has 2 atom stereocenters. The van der Waals surface area contributed by atoms with Crippen LogP contribution in [0, 0.1) is 6.92 Å². The molecule has 21 heavy (non-hydrogen) atoms. The predicted molar refractivity (Wildman–Crippen MR) is 83.4 cm³/mol. The minimum atomic E-state index is -0.543. The number of aliphatic hydroxyl groups excluding tert-OH is 1. The second-order valence-electron chi connectivity index (χ2n) is 5.55. The summed E-state index contributed by atoms with van der Waals surface area (Å²) in [5.41, 5.74) is 2.81. The second-order valence-corrected chi connectivity index (χ2v) is 5.55. The summed E-state index contributed by atoms with van der Waals surface area (Å²) in [6.45, 7) is 8.45. The van der Waals surface area contributed by atoms with Crippen LogP contribution in [-0.4, -0.2) is 14.9 Å². The molecular weight excluding hydrogens is 264 g/mol.